The van der Waals surface area contributed by atoms with E-state index in [2.05, 4.69) is 32.3 Å². The Kier molecular flexibility index (Phi) is 8.64. The summed E-state index contributed by atoms with van der Waals surface area (Å²) in [6.45, 7) is 3.94. The van der Waals surface area contributed by atoms with Crippen LogP contribution in [0.4, 0.5) is 5.69 Å². The van der Waals surface area contributed by atoms with E-state index < -0.39 is 0 Å². The molecular weight excluding hydrogens is 402 g/mol. The van der Waals surface area contributed by atoms with Crippen LogP contribution < -0.4 is 15.0 Å². The number of rotatable bonds is 6. The average molecular weight is 434 g/mol. The highest BCUT2D eigenvalue weighted by atomic mass is 16.5. The maximum Gasteiger partial charge on any atom is 0.228 e. The monoisotopic (exact) mass is 433 g/mol. The summed E-state index contributed by atoms with van der Waals surface area (Å²) in [4.78, 5) is 15.7. The fourth-order valence-electron chi connectivity index (χ4n) is 3.38. The number of hydrogen-bond acceptors (Lipinski definition) is 7. The number of amidine groups is 1. The minimum atomic E-state index is 0.165. The highest BCUT2D eigenvalue weighted by Gasteiger charge is 2.18. The molecule has 1 aromatic carbocycles. The third-order valence-electron chi connectivity index (χ3n) is 4.99. The zero-order valence-electron chi connectivity index (χ0n) is 19.0. The molecule has 2 heterocycles. The Hall–Kier alpha value is -3.37. The van der Waals surface area contributed by atoms with Crippen molar-refractivity contribution in [3.63, 3.8) is 0 Å². The first-order chi connectivity index (χ1) is 15.6. The van der Waals surface area contributed by atoms with Crippen molar-refractivity contribution in [1.29, 1.82) is 0 Å². The normalized spacial score (nSPS) is 19.4. The van der Waals surface area contributed by atoms with Gasteiger partial charge in [-0.1, -0.05) is 12.0 Å². The first-order valence-electron chi connectivity index (χ1n) is 10.8. The summed E-state index contributed by atoms with van der Waals surface area (Å²) in [7, 11) is 4.02. The van der Waals surface area contributed by atoms with Crippen LogP contribution in [0.15, 0.2) is 57.1 Å². The zero-order valence-corrected chi connectivity index (χ0v) is 19.0. The van der Waals surface area contributed by atoms with Gasteiger partial charge in [0.05, 0.1) is 18.8 Å². The second-order valence-corrected chi connectivity index (χ2v) is 7.77. The number of benzene rings is 1. The number of ether oxygens (including phenoxy) is 2. The van der Waals surface area contributed by atoms with Gasteiger partial charge in [-0.15, -0.1) is 6.42 Å². The van der Waals surface area contributed by atoms with Crippen LogP contribution in [0, 0.1) is 12.3 Å². The second kappa shape index (κ2) is 11.9. The van der Waals surface area contributed by atoms with E-state index >= 15 is 0 Å². The molecule has 0 amide bonds. The zero-order chi connectivity index (χ0) is 22.8. The van der Waals surface area contributed by atoms with Crippen molar-refractivity contribution in [2.75, 3.05) is 38.8 Å². The van der Waals surface area contributed by atoms with Crippen LogP contribution in [0.1, 0.15) is 31.7 Å². The van der Waals surface area contributed by atoms with Gasteiger partial charge in [-0.2, -0.15) is 4.99 Å². The molecule has 7 nitrogen and oxygen atoms in total. The van der Waals surface area contributed by atoms with Crippen LogP contribution in [0.2, 0.25) is 0 Å². The van der Waals surface area contributed by atoms with Crippen LogP contribution in [0.25, 0.3) is 0 Å². The smallest absolute Gasteiger partial charge is 0.228 e. The number of allylic oxidation sites excluding steroid dienone is 4. The van der Waals surface area contributed by atoms with Crippen LogP contribution in [-0.4, -0.2) is 58.0 Å². The molecule has 0 bridgehead atoms. The van der Waals surface area contributed by atoms with Gasteiger partial charge in [-0.3, -0.25) is 4.99 Å². The molecule has 0 aliphatic carbocycles. The Morgan fingerprint density at radius 1 is 1.31 bits per heavy atom. The van der Waals surface area contributed by atoms with E-state index in [0.717, 1.165) is 55.2 Å². The molecule has 0 saturated carbocycles. The Labute approximate surface area is 190 Å². The lowest BCUT2D eigenvalue weighted by Gasteiger charge is -2.23. The third-order valence-corrected chi connectivity index (χ3v) is 4.99. The van der Waals surface area contributed by atoms with Gasteiger partial charge in [0, 0.05) is 44.6 Å². The molecule has 2 aliphatic heterocycles. The maximum absolute atomic E-state index is 6.35. The molecule has 0 aromatic heterocycles. The molecule has 168 valence electrons. The van der Waals surface area contributed by atoms with Crippen molar-refractivity contribution < 1.29 is 9.47 Å². The van der Waals surface area contributed by atoms with E-state index in [-0.39, 0.29) is 6.10 Å². The highest BCUT2D eigenvalue weighted by molar-refractivity contribution is 6.09. The molecular formula is C25H31N5O2. The Bertz CT molecular complexity index is 975. The van der Waals surface area contributed by atoms with E-state index in [9.17, 15) is 0 Å². The summed E-state index contributed by atoms with van der Waals surface area (Å²) in [5, 5.41) is 3.19. The summed E-state index contributed by atoms with van der Waals surface area (Å²) in [6, 6.07) is 6.06. The fourth-order valence-corrected chi connectivity index (χ4v) is 3.38. The van der Waals surface area contributed by atoms with Gasteiger partial charge in [0.2, 0.25) is 5.96 Å². The SMILES string of the molecule is C#C/C=C\C=C(/C)NC1=NC(c2ccc(O[C@H]3CCCOCC3)c(N(C)C)c2)=NCC=N1. The molecule has 2 aliphatic rings. The van der Waals surface area contributed by atoms with Crippen molar-refractivity contribution in [2.45, 2.75) is 32.3 Å². The number of guanidine groups is 1. The lowest BCUT2D eigenvalue weighted by atomic mass is 10.1. The number of nitrogens with one attached hydrogen (secondary N) is 1. The highest BCUT2D eigenvalue weighted by Crippen LogP contribution is 2.31. The molecule has 1 atom stereocenters. The number of nitrogens with zero attached hydrogens (tertiary/aromatic N) is 4. The summed E-state index contributed by atoms with van der Waals surface area (Å²) in [6.07, 6.45) is 15.4. The fraction of sp³-hybridized carbons (Fsp3) is 0.400. The van der Waals surface area contributed by atoms with Crippen molar-refractivity contribution in [3.8, 4) is 18.1 Å². The standard InChI is InChI=1S/C25H31N5O2/c1-5-6-7-9-19(2)28-25-27-15-14-26-24(29-25)20-11-12-23(22(18-20)30(3)4)32-21-10-8-16-31-17-13-21/h1,6-7,9,11-12,15,18,21H,8,10,13-14,16-17H2,2-4H3,(H,26,28,29)/b7-6-,19-9+/t21-/m0/s1. The summed E-state index contributed by atoms with van der Waals surface area (Å²) in [5.74, 6) is 4.42. The van der Waals surface area contributed by atoms with Gasteiger partial charge in [0.25, 0.3) is 0 Å². The van der Waals surface area contributed by atoms with E-state index in [1.54, 1.807) is 18.4 Å². The molecule has 3 rings (SSSR count). The number of hydrogen-bond donors (Lipinski definition) is 1. The minimum Gasteiger partial charge on any atom is -0.488 e. The predicted octanol–water partition coefficient (Wildman–Crippen LogP) is 3.57. The number of aliphatic imine (C=N–C) groups is 3. The van der Waals surface area contributed by atoms with Crippen LogP contribution in [-0.2, 0) is 4.74 Å². The van der Waals surface area contributed by atoms with Crippen LogP contribution in [0.3, 0.4) is 0 Å². The number of anilines is 1. The van der Waals surface area contributed by atoms with Crippen molar-refractivity contribution in [2.24, 2.45) is 15.0 Å². The Morgan fingerprint density at radius 2 is 2.19 bits per heavy atom. The van der Waals surface area contributed by atoms with Gasteiger partial charge in [0.15, 0.2) is 5.84 Å². The molecule has 0 unspecified atom stereocenters. The van der Waals surface area contributed by atoms with Crippen molar-refractivity contribution in [1.82, 2.24) is 5.32 Å². The van der Waals surface area contributed by atoms with Gasteiger partial charge in [-0.25, -0.2) is 4.99 Å². The minimum absolute atomic E-state index is 0.165. The maximum atomic E-state index is 6.35. The van der Waals surface area contributed by atoms with Crippen molar-refractivity contribution in [3.05, 3.63) is 47.7 Å². The topological polar surface area (TPSA) is 70.8 Å². The lowest BCUT2D eigenvalue weighted by Crippen LogP contribution is -2.21. The van der Waals surface area contributed by atoms with Crippen molar-refractivity contribution >= 4 is 23.7 Å². The van der Waals surface area contributed by atoms with E-state index in [1.807, 2.05) is 44.1 Å². The lowest BCUT2D eigenvalue weighted by molar-refractivity contribution is 0.127. The molecule has 0 spiro atoms. The molecule has 32 heavy (non-hydrogen) atoms. The van der Waals surface area contributed by atoms with Gasteiger partial charge in [-0.05, 0) is 50.1 Å². The molecule has 7 heteroatoms. The average Bonchev–Trinajstić information content (AvgIpc) is 3.17. The van der Waals surface area contributed by atoms with Gasteiger partial charge >= 0.3 is 0 Å². The Morgan fingerprint density at radius 3 is 3.00 bits per heavy atom. The van der Waals surface area contributed by atoms with Gasteiger partial charge < -0.3 is 19.7 Å². The summed E-state index contributed by atoms with van der Waals surface area (Å²) >= 11 is 0. The predicted molar refractivity (Wildman–Crippen MR) is 132 cm³/mol. The van der Waals surface area contributed by atoms with E-state index in [4.69, 9.17) is 15.9 Å². The van der Waals surface area contributed by atoms with Crippen LogP contribution in [0.5, 0.6) is 5.75 Å². The van der Waals surface area contributed by atoms with E-state index in [0.29, 0.717) is 18.3 Å². The molecule has 1 N–H and O–H groups in total. The molecule has 1 saturated heterocycles. The first kappa shape index (κ1) is 23.3. The Balaban J connectivity index is 1.82. The summed E-state index contributed by atoms with van der Waals surface area (Å²) < 4.78 is 11.9. The first-order valence-corrected chi connectivity index (χ1v) is 10.8. The molecule has 1 aromatic rings. The largest absolute Gasteiger partial charge is 0.488 e. The van der Waals surface area contributed by atoms with E-state index in [1.165, 1.54) is 0 Å². The van der Waals surface area contributed by atoms with Gasteiger partial charge in [0.1, 0.15) is 11.9 Å². The second-order valence-electron chi connectivity index (χ2n) is 7.77. The summed E-state index contributed by atoms with van der Waals surface area (Å²) in [5.41, 5.74) is 2.77. The molecule has 1 fully saturated rings. The van der Waals surface area contributed by atoms with Crippen LogP contribution >= 0.6 is 0 Å². The number of terminal acetylenes is 1. The molecule has 0 radical (unpaired) electrons. The quantitative estimate of drug-likeness (QED) is 0.550. The third kappa shape index (κ3) is 6.82.